The molecule has 0 bridgehead atoms. The normalized spacial score (nSPS) is 13.7. The molecule has 0 radical (unpaired) electrons. The maximum Gasteiger partial charge on any atom is 0.330 e. The number of aromatic nitrogens is 1. The molecule has 1 aliphatic carbocycles. The molecule has 1 aliphatic rings. The van der Waals surface area contributed by atoms with E-state index in [2.05, 4.69) is 4.98 Å². The van der Waals surface area contributed by atoms with Gasteiger partial charge in [-0.15, -0.1) is 0 Å². The molecule has 7 nitrogen and oxygen atoms in total. The van der Waals surface area contributed by atoms with E-state index in [1.54, 1.807) is 6.08 Å². The second kappa shape index (κ2) is 13.8. The molecule has 0 spiro atoms. The Balaban J connectivity index is 1.51. The van der Waals surface area contributed by atoms with Crippen molar-refractivity contribution in [3.63, 3.8) is 0 Å². The van der Waals surface area contributed by atoms with Crippen LogP contribution < -0.4 is 14.5 Å². The number of nitrogens with zero attached hydrogens (tertiary/aromatic N) is 3. The lowest BCUT2D eigenvalue weighted by Gasteiger charge is -2.30. The summed E-state index contributed by atoms with van der Waals surface area (Å²) in [7, 11) is 5.36. The Morgan fingerprint density at radius 3 is 2.38 bits per heavy atom. The average molecular weight is 542 g/mol. The monoisotopic (exact) mass is 541 g/mol. The van der Waals surface area contributed by atoms with Gasteiger partial charge in [-0.1, -0.05) is 31.4 Å². The molecule has 1 heterocycles. The van der Waals surface area contributed by atoms with Crippen LogP contribution in [0.2, 0.25) is 0 Å². The smallest absolute Gasteiger partial charge is 0.330 e. The van der Waals surface area contributed by atoms with E-state index < -0.39 is 5.97 Å². The van der Waals surface area contributed by atoms with Crippen molar-refractivity contribution in [2.24, 2.45) is 5.92 Å². The second-order valence-corrected chi connectivity index (χ2v) is 10.6. The number of carbonyl (C=O) groups is 2. The minimum absolute atomic E-state index is 0.0165. The van der Waals surface area contributed by atoms with Crippen molar-refractivity contribution in [2.75, 3.05) is 31.0 Å². The number of carbonyl (C=O) groups excluding carboxylic acids is 2. The number of anilines is 2. The summed E-state index contributed by atoms with van der Waals surface area (Å²) in [5.74, 6) is 0.528. The van der Waals surface area contributed by atoms with Gasteiger partial charge < -0.3 is 19.3 Å². The van der Waals surface area contributed by atoms with Gasteiger partial charge in [0.15, 0.2) is 0 Å². The number of rotatable bonds is 10. The lowest BCUT2D eigenvalue weighted by molar-refractivity contribution is -0.134. The maximum absolute atomic E-state index is 13.8. The van der Waals surface area contributed by atoms with E-state index >= 15 is 0 Å². The highest BCUT2D eigenvalue weighted by Crippen LogP contribution is 2.30. The first-order chi connectivity index (χ1) is 19.3. The number of hydrogen-bond acceptors (Lipinski definition) is 6. The first kappa shape index (κ1) is 28.9. The molecule has 4 rings (SSSR count). The molecule has 2 aromatic carbocycles. The number of aryl methyl sites for hydroxylation is 1. The van der Waals surface area contributed by atoms with E-state index in [0.717, 1.165) is 65.2 Å². The van der Waals surface area contributed by atoms with Crippen LogP contribution in [0.3, 0.4) is 0 Å². The number of methoxy groups -OCH3 is 1. The predicted octanol–water partition coefficient (Wildman–Crippen LogP) is 6.33. The van der Waals surface area contributed by atoms with E-state index in [1.165, 1.54) is 19.6 Å². The summed E-state index contributed by atoms with van der Waals surface area (Å²) >= 11 is 0. The van der Waals surface area contributed by atoms with E-state index in [9.17, 15) is 9.59 Å². The first-order valence-corrected chi connectivity index (χ1v) is 13.9. The van der Waals surface area contributed by atoms with Crippen LogP contribution in [0.4, 0.5) is 11.4 Å². The fourth-order valence-corrected chi connectivity index (χ4v) is 4.96. The SMILES string of the molecule is COC(=O)/C=C/c1cc(C)cc(N(Cc2ccc(COc3ccc(N(C)C)cc3)nc2)C(=O)C2CCCCC2)c1. The zero-order chi connectivity index (χ0) is 28.5. The Kier molecular flexibility index (Phi) is 9.95. The van der Waals surface area contributed by atoms with Crippen LogP contribution in [0, 0.1) is 12.8 Å². The minimum atomic E-state index is -0.418. The molecular weight excluding hydrogens is 502 g/mol. The van der Waals surface area contributed by atoms with Crippen LogP contribution in [0.5, 0.6) is 5.75 Å². The van der Waals surface area contributed by atoms with E-state index in [1.807, 2.05) is 91.6 Å². The third kappa shape index (κ3) is 7.94. The van der Waals surface area contributed by atoms with Crippen LogP contribution in [0.25, 0.3) is 6.08 Å². The van der Waals surface area contributed by atoms with Gasteiger partial charge in [0.05, 0.1) is 19.3 Å². The molecule has 40 heavy (non-hydrogen) atoms. The molecule has 0 unspecified atom stereocenters. The predicted molar refractivity (Wildman–Crippen MR) is 159 cm³/mol. The minimum Gasteiger partial charge on any atom is -0.487 e. The third-order valence-corrected chi connectivity index (χ3v) is 7.20. The number of benzene rings is 2. The van der Waals surface area contributed by atoms with Crippen molar-refractivity contribution < 1.29 is 19.1 Å². The standard InChI is InChI=1S/C33H39N3O4/c1-24-18-25(11-17-32(37)39-4)20-30(19-24)36(33(38)27-8-6-5-7-9-27)22-26-10-12-28(34-21-26)23-40-31-15-13-29(14-16-31)35(2)3/h10-21,27H,5-9,22-23H2,1-4H3/b17-11+. The molecule has 1 fully saturated rings. The summed E-state index contributed by atoms with van der Waals surface area (Å²) in [5, 5.41) is 0. The molecule has 0 saturated heterocycles. The highest BCUT2D eigenvalue weighted by atomic mass is 16.5. The summed E-state index contributed by atoms with van der Waals surface area (Å²) < 4.78 is 10.7. The molecule has 0 atom stereocenters. The van der Waals surface area contributed by atoms with E-state index in [0.29, 0.717) is 13.2 Å². The van der Waals surface area contributed by atoms with Crippen molar-refractivity contribution in [2.45, 2.75) is 52.2 Å². The van der Waals surface area contributed by atoms with E-state index in [-0.39, 0.29) is 11.8 Å². The highest BCUT2D eigenvalue weighted by Gasteiger charge is 2.27. The fraction of sp³-hybridized carbons (Fsp3) is 0.364. The Morgan fingerprint density at radius 1 is 0.975 bits per heavy atom. The van der Waals surface area contributed by atoms with Gasteiger partial charge in [-0.3, -0.25) is 9.78 Å². The fourth-order valence-electron chi connectivity index (χ4n) is 4.96. The Labute approximate surface area is 237 Å². The number of amides is 1. The quantitative estimate of drug-likeness (QED) is 0.221. The zero-order valence-electron chi connectivity index (χ0n) is 23.9. The van der Waals surface area contributed by atoms with Crippen molar-refractivity contribution >= 4 is 29.3 Å². The van der Waals surface area contributed by atoms with Gasteiger partial charge in [-0.25, -0.2) is 4.79 Å². The first-order valence-electron chi connectivity index (χ1n) is 13.9. The van der Waals surface area contributed by atoms with Crippen molar-refractivity contribution in [3.8, 4) is 5.75 Å². The molecular formula is C33H39N3O4. The van der Waals surface area contributed by atoms with Gasteiger partial charge in [0, 0.05) is 43.7 Å². The topological polar surface area (TPSA) is 72.0 Å². The van der Waals surface area contributed by atoms with Crippen LogP contribution in [0.1, 0.15) is 54.5 Å². The molecule has 7 heteroatoms. The summed E-state index contributed by atoms with van der Waals surface area (Å²) in [4.78, 5) is 34.0. The average Bonchev–Trinajstić information content (AvgIpc) is 2.98. The summed E-state index contributed by atoms with van der Waals surface area (Å²) in [6.07, 6.45) is 10.1. The van der Waals surface area contributed by atoms with Gasteiger partial charge >= 0.3 is 5.97 Å². The lowest BCUT2D eigenvalue weighted by atomic mass is 9.88. The number of pyridine rings is 1. The number of hydrogen-bond donors (Lipinski definition) is 0. The number of esters is 1. The summed E-state index contributed by atoms with van der Waals surface area (Å²) in [6, 6.07) is 17.9. The van der Waals surface area contributed by atoms with Crippen LogP contribution >= 0.6 is 0 Å². The van der Waals surface area contributed by atoms with Crippen LogP contribution in [-0.2, 0) is 27.5 Å². The highest BCUT2D eigenvalue weighted by molar-refractivity contribution is 5.95. The van der Waals surface area contributed by atoms with Gasteiger partial charge in [0.2, 0.25) is 5.91 Å². The van der Waals surface area contributed by atoms with Crippen molar-refractivity contribution in [1.29, 1.82) is 0 Å². The second-order valence-electron chi connectivity index (χ2n) is 10.6. The molecule has 3 aromatic rings. The van der Waals surface area contributed by atoms with Gasteiger partial charge in [-0.2, -0.15) is 0 Å². The van der Waals surface area contributed by atoms with Gasteiger partial charge in [0.1, 0.15) is 12.4 Å². The van der Waals surface area contributed by atoms with Crippen LogP contribution in [-0.4, -0.2) is 38.1 Å². The lowest BCUT2D eigenvalue weighted by Crippen LogP contribution is -2.36. The molecule has 0 aliphatic heterocycles. The van der Waals surface area contributed by atoms with Gasteiger partial charge in [0.25, 0.3) is 0 Å². The number of ether oxygens (including phenoxy) is 2. The van der Waals surface area contributed by atoms with Gasteiger partial charge in [-0.05, 0) is 85.0 Å². The third-order valence-electron chi connectivity index (χ3n) is 7.20. The zero-order valence-corrected chi connectivity index (χ0v) is 23.9. The molecule has 0 N–H and O–H groups in total. The molecule has 210 valence electrons. The largest absolute Gasteiger partial charge is 0.487 e. The van der Waals surface area contributed by atoms with E-state index in [4.69, 9.17) is 9.47 Å². The Morgan fingerprint density at radius 2 is 1.73 bits per heavy atom. The molecule has 1 aromatic heterocycles. The summed E-state index contributed by atoms with van der Waals surface area (Å²) in [5.41, 5.74) is 5.53. The van der Waals surface area contributed by atoms with Crippen molar-refractivity contribution in [1.82, 2.24) is 4.98 Å². The summed E-state index contributed by atoms with van der Waals surface area (Å²) in [6.45, 7) is 2.77. The molecule has 1 saturated carbocycles. The Hall–Kier alpha value is -4.13. The van der Waals surface area contributed by atoms with Crippen LogP contribution in [0.15, 0.2) is 66.9 Å². The van der Waals surface area contributed by atoms with Crippen molar-refractivity contribution in [3.05, 3.63) is 89.3 Å². The molecule has 1 amide bonds. The maximum atomic E-state index is 13.8. The Bertz CT molecular complexity index is 1310.